The van der Waals surface area contributed by atoms with Crippen LogP contribution >= 0.6 is 23.2 Å². The number of nitrogens with one attached hydrogen (secondary N) is 2. The van der Waals surface area contributed by atoms with Crippen molar-refractivity contribution in [2.24, 2.45) is 0 Å². The number of rotatable bonds is 5. The van der Waals surface area contributed by atoms with Crippen molar-refractivity contribution in [3.63, 3.8) is 0 Å². The Morgan fingerprint density at radius 1 is 1.33 bits per heavy atom. The first-order valence-electron chi connectivity index (χ1n) is 5.66. The first-order chi connectivity index (χ1) is 8.47. The predicted molar refractivity (Wildman–Crippen MR) is 74.4 cm³/mol. The number of carbonyl (C=O) groups excluding carboxylic acids is 1. The van der Waals surface area contributed by atoms with Crippen molar-refractivity contribution in [1.29, 1.82) is 0 Å². The average molecular weight is 291 g/mol. The molecule has 0 fully saturated rings. The SMILES string of the molecule is CC(O)CCCNC(=O)Nc1cc(Cl)cc(Cl)c1. The molecule has 2 amide bonds. The number of urea groups is 1. The van der Waals surface area contributed by atoms with E-state index in [0.29, 0.717) is 28.7 Å². The third-order valence-corrected chi connectivity index (χ3v) is 2.64. The maximum absolute atomic E-state index is 11.5. The number of anilines is 1. The van der Waals surface area contributed by atoms with Crippen molar-refractivity contribution >= 4 is 34.9 Å². The maximum Gasteiger partial charge on any atom is 0.319 e. The van der Waals surface area contributed by atoms with Crippen molar-refractivity contribution in [1.82, 2.24) is 5.32 Å². The van der Waals surface area contributed by atoms with E-state index < -0.39 is 0 Å². The van der Waals surface area contributed by atoms with E-state index in [9.17, 15) is 4.79 Å². The molecule has 1 rings (SSSR count). The molecule has 0 aliphatic rings. The van der Waals surface area contributed by atoms with Crippen LogP contribution < -0.4 is 10.6 Å². The second-order valence-corrected chi connectivity index (χ2v) is 4.90. The van der Waals surface area contributed by atoms with Gasteiger partial charge in [0.25, 0.3) is 0 Å². The molecule has 6 heteroatoms. The molecular weight excluding hydrogens is 275 g/mol. The van der Waals surface area contributed by atoms with Gasteiger partial charge in [-0.25, -0.2) is 4.79 Å². The average Bonchev–Trinajstić information content (AvgIpc) is 2.22. The predicted octanol–water partition coefficient (Wildman–Crippen LogP) is 3.28. The number of aliphatic hydroxyl groups excluding tert-OH is 1. The lowest BCUT2D eigenvalue weighted by atomic mass is 10.2. The molecule has 0 heterocycles. The van der Waals surface area contributed by atoms with Crippen LogP contribution in [0.2, 0.25) is 10.0 Å². The number of hydrogen-bond donors (Lipinski definition) is 3. The molecule has 1 aromatic carbocycles. The highest BCUT2D eigenvalue weighted by molar-refractivity contribution is 6.35. The Labute approximate surface area is 116 Å². The van der Waals surface area contributed by atoms with Gasteiger partial charge in [-0.1, -0.05) is 23.2 Å². The first-order valence-corrected chi connectivity index (χ1v) is 6.42. The topological polar surface area (TPSA) is 61.4 Å². The van der Waals surface area contributed by atoms with Crippen LogP contribution in [0.4, 0.5) is 10.5 Å². The zero-order valence-corrected chi connectivity index (χ0v) is 11.6. The van der Waals surface area contributed by atoms with Crippen LogP contribution in [0.25, 0.3) is 0 Å². The summed E-state index contributed by atoms with van der Waals surface area (Å²) in [6.07, 6.45) is 1.03. The largest absolute Gasteiger partial charge is 0.393 e. The lowest BCUT2D eigenvalue weighted by Crippen LogP contribution is -2.29. The van der Waals surface area contributed by atoms with Gasteiger partial charge in [0.2, 0.25) is 0 Å². The van der Waals surface area contributed by atoms with Gasteiger partial charge in [0.1, 0.15) is 0 Å². The molecule has 1 unspecified atom stereocenters. The van der Waals surface area contributed by atoms with E-state index in [0.717, 1.165) is 6.42 Å². The Morgan fingerprint density at radius 2 is 1.94 bits per heavy atom. The minimum Gasteiger partial charge on any atom is -0.393 e. The summed E-state index contributed by atoms with van der Waals surface area (Å²) in [6, 6.07) is 4.50. The fourth-order valence-electron chi connectivity index (χ4n) is 1.40. The van der Waals surface area contributed by atoms with Crippen molar-refractivity contribution in [2.45, 2.75) is 25.9 Å². The highest BCUT2D eigenvalue weighted by Crippen LogP contribution is 2.22. The second-order valence-electron chi connectivity index (χ2n) is 4.03. The van der Waals surface area contributed by atoms with Gasteiger partial charge >= 0.3 is 6.03 Å². The summed E-state index contributed by atoms with van der Waals surface area (Å²) in [4.78, 5) is 11.5. The van der Waals surface area contributed by atoms with E-state index >= 15 is 0 Å². The molecule has 0 aromatic heterocycles. The molecular formula is C12H16Cl2N2O2. The lowest BCUT2D eigenvalue weighted by Gasteiger charge is -2.09. The number of amides is 2. The fraction of sp³-hybridized carbons (Fsp3) is 0.417. The number of halogens is 2. The quantitative estimate of drug-likeness (QED) is 0.729. The highest BCUT2D eigenvalue weighted by Gasteiger charge is 2.03. The van der Waals surface area contributed by atoms with Crippen LogP contribution in [0, 0.1) is 0 Å². The van der Waals surface area contributed by atoms with Gasteiger partial charge in [0, 0.05) is 22.3 Å². The molecule has 0 bridgehead atoms. The van der Waals surface area contributed by atoms with Crippen LogP contribution in [-0.2, 0) is 0 Å². The maximum atomic E-state index is 11.5. The smallest absolute Gasteiger partial charge is 0.319 e. The minimum absolute atomic E-state index is 0.320. The first kappa shape index (κ1) is 15.1. The third-order valence-electron chi connectivity index (χ3n) is 2.20. The molecule has 0 saturated heterocycles. The van der Waals surface area contributed by atoms with Crippen LogP contribution in [0.1, 0.15) is 19.8 Å². The lowest BCUT2D eigenvalue weighted by molar-refractivity contribution is 0.181. The van der Waals surface area contributed by atoms with E-state index in [2.05, 4.69) is 10.6 Å². The summed E-state index contributed by atoms with van der Waals surface area (Å²) in [6.45, 7) is 2.22. The summed E-state index contributed by atoms with van der Waals surface area (Å²) < 4.78 is 0. The van der Waals surface area contributed by atoms with Crippen LogP contribution in [0.15, 0.2) is 18.2 Å². The van der Waals surface area contributed by atoms with Gasteiger partial charge in [-0.15, -0.1) is 0 Å². The molecule has 0 radical (unpaired) electrons. The number of aliphatic hydroxyl groups is 1. The summed E-state index contributed by atoms with van der Waals surface area (Å²) in [5.74, 6) is 0. The molecule has 18 heavy (non-hydrogen) atoms. The molecule has 0 saturated carbocycles. The second kappa shape index (κ2) is 7.46. The molecule has 100 valence electrons. The molecule has 3 N–H and O–H groups in total. The number of hydrogen-bond acceptors (Lipinski definition) is 2. The highest BCUT2D eigenvalue weighted by atomic mass is 35.5. The van der Waals surface area contributed by atoms with Crippen molar-refractivity contribution in [3.05, 3.63) is 28.2 Å². The van der Waals surface area contributed by atoms with Crippen LogP contribution in [-0.4, -0.2) is 23.8 Å². The summed E-state index contributed by atoms with van der Waals surface area (Å²) in [7, 11) is 0. The molecule has 1 aromatic rings. The van der Waals surface area contributed by atoms with Gasteiger partial charge in [0.05, 0.1) is 6.10 Å². The Hall–Kier alpha value is -0.970. The Morgan fingerprint density at radius 3 is 2.50 bits per heavy atom. The van der Waals surface area contributed by atoms with Crippen molar-refractivity contribution < 1.29 is 9.90 Å². The molecule has 4 nitrogen and oxygen atoms in total. The normalized spacial score (nSPS) is 12.0. The van der Waals surface area contributed by atoms with Crippen LogP contribution in [0.5, 0.6) is 0 Å². The Bertz CT molecular complexity index is 391. The summed E-state index contributed by atoms with van der Waals surface area (Å²) in [5.41, 5.74) is 0.542. The molecule has 0 spiro atoms. The van der Waals surface area contributed by atoms with Gasteiger partial charge in [-0.3, -0.25) is 0 Å². The summed E-state index contributed by atoms with van der Waals surface area (Å²) in [5, 5.41) is 15.3. The van der Waals surface area contributed by atoms with Gasteiger partial charge < -0.3 is 15.7 Å². The monoisotopic (exact) mass is 290 g/mol. The molecule has 0 aliphatic carbocycles. The Balaban J connectivity index is 2.35. The van der Waals surface area contributed by atoms with Crippen LogP contribution in [0.3, 0.4) is 0 Å². The Kier molecular flexibility index (Phi) is 6.25. The van der Waals surface area contributed by atoms with E-state index in [4.69, 9.17) is 28.3 Å². The zero-order valence-electron chi connectivity index (χ0n) is 10.0. The van der Waals surface area contributed by atoms with E-state index in [1.54, 1.807) is 25.1 Å². The van der Waals surface area contributed by atoms with Crippen molar-refractivity contribution in [3.8, 4) is 0 Å². The van der Waals surface area contributed by atoms with E-state index in [-0.39, 0.29) is 12.1 Å². The molecule has 1 atom stereocenters. The van der Waals surface area contributed by atoms with Crippen molar-refractivity contribution in [2.75, 3.05) is 11.9 Å². The van der Waals surface area contributed by atoms with Gasteiger partial charge in [0.15, 0.2) is 0 Å². The van der Waals surface area contributed by atoms with Gasteiger partial charge in [-0.05, 0) is 38.0 Å². The number of benzene rings is 1. The fourth-order valence-corrected chi connectivity index (χ4v) is 1.93. The van der Waals surface area contributed by atoms with E-state index in [1.165, 1.54) is 0 Å². The summed E-state index contributed by atoms with van der Waals surface area (Å²) >= 11 is 11.6. The number of carbonyl (C=O) groups is 1. The standard InChI is InChI=1S/C12H16Cl2N2O2/c1-8(17)3-2-4-15-12(18)16-11-6-9(13)5-10(14)7-11/h5-8,17H,2-4H2,1H3,(H2,15,16,18). The van der Waals surface area contributed by atoms with E-state index in [1.807, 2.05) is 0 Å². The molecule has 0 aliphatic heterocycles. The minimum atomic E-state index is -0.346. The van der Waals surface area contributed by atoms with Gasteiger partial charge in [-0.2, -0.15) is 0 Å². The zero-order chi connectivity index (χ0) is 13.5. The third kappa shape index (κ3) is 6.10.